The lowest BCUT2D eigenvalue weighted by Gasteiger charge is -2.27. The Morgan fingerprint density at radius 3 is 2.70 bits per heavy atom. The number of H-pyrrole nitrogens is 1. The van der Waals surface area contributed by atoms with Gasteiger partial charge in [0.15, 0.2) is 0 Å². The predicted octanol–water partition coefficient (Wildman–Crippen LogP) is 6.49. The Labute approximate surface area is 182 Å². The molecule has 4 rings (SSSR count). The number of nitrogens with one attached hydrogen (secondary N) is 3. The van der Waals surface area contributed by atoms with Crippen LogP contribution in [0.15, 0.2) is 54.7 Å². The number of rotatable bonds is 5. The van der Waals surface area contributed by atoms with Crippen molar-refractivity contribution in [1.29, 1.82) is 0 Å². The van der Waals surface area contributed by atoms with Crippen LogP contribution in [0.4, 0.5) is 16.2 Å². The van der Waals surface area contributed by atoms with Crippen molar-refractivity contribution in [1.82, 2.24) is 9.88 Å². The first-order chi connectivity index (χ1) is 14.5. The van der Waals surface area contributed by atoms with Gasteiger partial charge in [-0.05, 0) is 67.9 Å². The maximum atomic E-state index is 12.4. The Kier molecular flexibility index (Phi) is 6.00. The van der Waals surface area contributed by atoms with Gasteiger partial charge in [0.25, 0.3) is 0 Å². The quantitative estimate of drug-likeness (QED) is 0.440. The molecular weight excluding hydrogens is 396 g/mol. The van der Waals surface area contributed by atoms with E-state index in [1.165, 1.54) is 11.3 Å². The van der Waals surface area contributed by atoms with Crippen molar-refractivity contribution in [3.63, 3.8) is 0 Å². The Bertz CT molecular complexity index is 1090. The SMILES string of the molecule is CCCN1C=CC(c2c(C)[nH]c3ccc(NC(=O)Nc4cccc(Cl)c4)cc23)CC1. The molecular formula is C24H27ClN4O. The summed E-state index contributed by atoms with van der Waals surface area (Å²) in [5.74, 6) is 0.377. The smallest absolute Gasteiger partial charge is 0.323 e. The number of amides is 2. The number of halogens is 1. The Morgan fingerprint density at radius 2 is 2.00 bits per heavy atom. The van der Waals surface area contributed by atoms with Gasteiger partial charge in [0, 0.05) is 52.0 Å². The number of carbonyl (C=O) groups is 1. The zero-order valence-electron chi connectivity index (χ0n) is 17.3. The van der Waals surface area contributed by atoms with Gasteiger partial charge in [0.05, 0.1) is 0 Å². The molecule has 0 fully saturated rings. The summed E-state index contributed by atoms with van der Waals surface area (Å²) in [6.07, 6.45) is 6.79. The van der Waals surface area contributed by atoms with Crippen molar-refractivity contribution in [3.8, 4) is 0 Å². The van der Waals surface area contributed by atoms with Gasteiger partial charge < -0.3 is 20.5 Å². The second-order valence-corrected chi connectivity index (χ2v) is 8.22. The van der Waals surface area contributed by atoms with E-state index in [1.807, 2.05) is 12.1 Å². The van der Waals surface area contributed by atoms with Gasteiger partial charge in [-0.2, -0.15) is 0 Å². The molecule has 3 aromatic rings. The first kappa shape index (κ1) is 20.4. The van der Waals surface area contributed by atoms with E-state index < -0.39 is 0 Å². The van der Waals surface area contributed by atoms with Crippen molar-refractivity contribution in [2.75, 3.05) is 23.7 Å². The van der Waals surface area contributed by atoms with E-state index >= 15 is 0 Å². The van der Waals surface area contributed by atoms with Gasteiger partial charge >= 0.3 is 6.03 Å². The highest BCUT2D eigenvalue weighted by Gasteiger charge is 2.20. The number of hydrogen-bond acceptors (Lipinski definition) is 2. The van der Waals surface area contributed by atoms with E-state index in [0.29, 0.717) is 16.6 Å². The summed E-state index contributed by atoms with van der Waals surface area (Å²) < 4.78 is 0. The number of urea groups is 1. The van der Waals surface area contributed by atoms with Gasteiger partial charge in [0.1, 0.15) is 0 Å². The lowest BCUT2D eigenvalue weighted by Crippen LogP contribution is -2.24. The molecule has 0 aliphatic carbocycles. The molecule has 0 saturated heterocycles. The molecule has 2 heterocycles. The molecule has 3 N–H and O–H groups in total. The highest BCUT2D eigenvalue weighted by Crippen LogP contribution is 2.35. The maximum Gasteiger partial charge on any atom is 0.323 e. The van der Waals surface area contributed by atoms with Crippen LogP contribution in [0.5, 0.6) is 0 Å². The summed E-state index contributed by atoms with van der Waals surface area (Å²) in [7, 11) is 0. The number of benzene rings is 2. The number of aryl methyl sites for hydroxylation is 1. The molecule has 0 radical (unpaired) electrons. The molecule has 0 bridgehead atoms. The first-order valence-electron chi connectivity index (χ1n) is 10.4. The first-order valence-corrected chi connectivity index (χ1v) is 10.8. The van der Waals surface area contributed by atoms with Crippen LogP contribution >= 0.6 is 11.6 Å². The summed E-state index contributed by atoms with van der Waals surface area (Å²) >= 11 is 5.99. The number of aromatic nitrogens is 1. The number of carbonyl (C=O) groups excluding carboxylic acids is 1. The molecule has 6 heteroatoms. The van der Waals surface area contributed by atoms with Crippen molar-refractivity contribution in [3.05, 3.63) is 71.0 Å². The largest absolute Gasteiger partial charge is 0.378 e. The summed E-state index contributed by atoms with van der Waals surface area (Å²) in [5, 5.41) is 7.49. The third-order valence-corrected chi connectivity index (χ3v) is 5.75. The number of hydrogen-bond donors (Lipinski definition) is 3. The van der Waals surface area contributed by atoms with Crippen LogP contribution in [0, 0.1) is 6.92 Å². The van der Waals surface area contributed by atoms with Crippen LogP contribution in [0.25, 0.3) is 10.9 Å². The zero-order valence-corrected chi connectivity index (χ0v) is 18.1. The van der Waals surface area contributed by atoms with Gasteiger partial charge in [-0.15, -0.1) is 0 Å². The third-order valence-electron chi connectivity index (χ3n) is 5.51. The average Bonchev–Trinajstić information content (AvgIpc) is 3.04. The summed E-state index contributed by atoms with van der Waals surface area (Å²) in [6.45, 7) is 6.51. The molecule has 1 atom stereocenters. The molecule has 1 unspecified atom stereocenters. The third kappa shape index (κ3) is 4.46. The number of aromatic amines is 1. The molecule has 1 aliphatic heterocycles. The van der Waals surface area contributed by atoms with Crippen molar-refractivity contribution in [2.45, 2.75) is 32.6 Å². The zero-order chi connectivity index (χ0) is 21.1. The Hall–Kier alpha value is -2.92. The van der Waals surface area contributed by atoms with E-state index in [4.69, 9.17) is 11.6 Å². The highest BCUT2D eigenvalue weighted by molar-refractivity contribution is 6.30. The minimum absolute atomic E-state index is 0.293. The van der Waals surface area contributed by atoms with E-state index in [9.17, 15) is 4.79 Å². The molecule has 2 amide bonds. The topological polar surface area (TPSA) is 60.2 Å². The summed E-state index contributed by atoms with van der Waals surface area (Å²) in [6, 6.07) is 12.8. The van der Waals surface area contributed by atoms with Crippen LogP contribution in [0.3, 0.4) is 0 Å². The van der Waals surface area contributed by atoms with Crippen molar-refractivity contribution < 1.29 is 4.79 Å². The minimum atomic E-state index is -0.293. The summed E-state index contributed by atoms with van der Waals surface area (Å²) in [5.41, 5.74) is 5.01. The second-order valence-electron chi connectivity index (χ2n) is 7.79. The van der Waals surface area contributed by atoms with Crippen LogP contribution < -0.4 is 10.6 Å². The number of anilines is 2. The minimum Gasteiger partial charge on any atom is -0.378 e. The Balaban J connectivity index is 1.54. The van der Waals surface area contributed by atoms with Crippen molar-refractivity contribution in [2.24, 2.45) is 0 Å². The highest BCUT2D eigenvalue weighted by atomic mass is 35.5. The Morgan fingerprint density at radius 1 is 1.20 bits per heavy atom. The van der Waals surface area contributed by atoms with Gasteiger partial charge in [-0.25, -0.2) is 4.79 Å². The van der Waals surface area contributed by atoms with E-state index in [-0.39, 0.29) is 6.03 Å². The second kappa shape index (κ2) is 8.84. The van der Waals surface area contributed by atoms with Crippen LogP contribution in [0.2, 0.25) is 5.02 Å². The maximum absolute atomic E-state index is 12.4. The molecule has 2 aromatic carbocycles. The van der Waals surface area contributed by atoms with Gasteiger partial charge in [-0.1, -0.05) is 30.7 Å². The fraction of sp³-hybridized carbons (Fsp3) is 0.292. The lowest BCUT2D eigenvalue weighted by molar-refractivity contribution is 0.262. The average molecular weight is 423 g/mol. The standard InChI is InChI=1S/C24H27ClN4O/c1-3-11-29-12-9-17(10-13-29)23-16(2)26-22-8-7-20(15-21(22)23)28-24(30)27-19-6-4-5-18(25)14-19/h4-9,12,14-15,17,26H,3,10-11,13H2,1-2H3,(H2,27,28,30). The molecule has 5 nitrogen and oxygen atoms in total. The molecule has 0 spiro atoms. The normalized spacial score (nSPS) is 16.1. The number of fused-ring (bicyclic) bond motifs is 1. The number of nitrogens with zero attached hydrogens (tertiary/aromatic N) is 1. The lowest BCUT2D eigenvalue weighted by atomic mass is 9.91. The number of allylic oxidation sites excluding steroid dienone is 1. The fourth-order valence-corrected chi connectivity index (χ4v) is 4.37. The van der Waals surface area contributed by atoms with E-state index in [1.54, 1.807) is 24.3 Å². The fourth-order valence-electron chi connectivity index (χ4n) is 4.18. The van der Waals surface area contributed by atoms with Crippen molar-refractivity contribution >= 4 is 39.9 Å². The molecule has 1 aromatic heterocycles. The van der Waals surface area contributed by atoms with Crippen LogP contribution in [0.1, 0.15) is 36.9 Å². The molecule has 30 heavy (non-hydrogen) atoms. The van der Waals surface area contributed by atoms with E-state index in [2.05, 4.69) is 52.7 Å². The predicted molar refractivity (Wildman–Crippen MR) is 125 cm³/mol. The van der Waals surface area contributed by atoms with Gasteiger partial charge in [-0.3, -0.25) is 0 Å². The summed E-state index contributed by atoms with van der Waals surface area (Å²) in [4.78, 5) is 18.3. The van der Waals surface area contributed by atoms with Gasteiger partial charge in [0.2, 0.25) is 0 Å². The van der Waals surface area contributed by atoms with Crippen LogP contribution in [-0.2, 0) is 0 Å². The molecule has 1 aliphatic rings. The van der Waals surface area contributed by atoms with E-state index in [0.717, 1.165) is 42.5 Å². The molecule has 156 valence electrons. The monoisotopic (exact) mass is 422 g/mol. The van der Waals surface area contributed by atoms with Crippen LogP contribution in [-0.4, -0.2) is 29.0 Å². The molecule has 0 saturated carbocycles.